The molecule has 1 atom stereocenters. The first-order valence-electron chi connectivity index (χ1n) is 8.61. The Balaban J connectivity index is 1.47. The van der Waals surface area contributed by atoms with Crippen LogP contribution in [0.15, 0.2) is 42.7 Å². The summed E-state index contributed by atoms with van der Waals surface area (Å²) < 4.78 is 1.91. The molecule has 2 aromatic rings. The number of nitrogens with zero attached hydrogens (tertiary/aromatic N) is 4. The predicted molar refractivity (Wildman–Crippen MR) is 94.2 cm³/mol. The highest BCUT2D eigenvalue weighted by atomic mass is 16.2. The maximum Gasteiger partial charge on any atom is 0.244 e. The van der Waals surface area contributed by atoms with E-state index in [0.717, 1.165) is 31.6 Å². The van der Waals surface area contributed by atoms with Crippen molar-refractivity contribution in [1.29, 1.82) is 0 Å². The van der Waals surface area contributed by atoms with Crippen molar-refractivity contribution in [2.75, 3.05) is 29.9 Å². The summed E-state index contributed by atoms with van der Waals surface area (Å²) in [6.07, 6.45) is 5.86. The van der Waals surface area contributed by atoms with Gasteiger partial charge in [-0.15, -0.1) is 0 Å². The van der Waals surface area contributed by atoms with E-state index >= 15 is 0 Å². The molecule has 2 aliphatic heterocycles. The predicted octanol–water partition coefficient (Wildman–Crippen LogP) is 1.33. The molecule has 0 bridgehead atoms. The second-order valence-electron chi connectivity index (χ2n) is 6.54. The number of benzene rings is 1. The summed E-state index contributed by atoms with van der Waals surface area (Å²) in [5.41, 5.74) is 1.47. The molecule has 0 aliphatic carbocycles. The van der Waals surface area contributed by atoms with E-state index in [-0.39, 0.29) is 18.4 Å². The van der Waals surface area contributed by atoms with Crippen LogP contribution >= 0.6 is 0 Å². The molecule has 0 spiro atoms. The van der Waals surface area contributed by atoms with Crippen LogP contribution in [0.5, 0.6) is 0 Å². The molecule has 0 saturated carbocycles. The third-order valence-electron chi connectivity index (χ3n) is 4.87. The van der Waals surface area contributed by atoms with Gasteiger partial charge in [0.25, 0.3) is 0 Å². The molecule has 130 valence electrons. The quantitative estimate of drug-likeness (QED) is 0.912. The number of para-hydroxylation sites is 2. The number of anilines is 2. The monoisotopic (exact) mass is 339 g/mol. The van der Waals surface area contributed by atoms with E-state index in [1.165, 1.54) is 0 Å². The van der Waals surface area contributed by atoms with Gasteiger partial charge in [-0.25, -0.2) is 0 Å². The molecule has 0 radical (unpaired) electrons. The molecule has 1 aromatic heterocycles. The number of nitrogens with one attached hydrogen (secondary N) is 1. The zero-order valence-electron chi connectivity index (χ0n) is 14.0. The first kappa shape index (κ1) is 15.8. The number of rotatable bonds is 4. The number of carbonyl (C=O) groups is 2. The van der Waals surface area contributed by atoms with Crippen LogP contribution in [0.2, 0.25) is 0 Å². The van der Waals surface area contributed by atoms with E-state index in [2.05, 4.69) is 15.3 Å². The van der Waals surface area contributed by atoms with Gasteiger partial charge in [-0.3, -0.25) is 24.1 Å². The van der Waals surface area contributed by atoms with Crippen LogP contribution in [-0.2, 0) is 16.1 Å². The SMILES string of the molecule is O=C1CN(C(=O)CN2CCCC2Cn2cccn2)c2ccccc2N1. The zero-order chi connectivity index (χ0) is 17.2. The Bertz CT molecular complexity index is 774. The third-order valence-corrected chi connectivity index (χ3v) is 4.87. The first-order valence-corrected chi connectivity index (χ1v) is 8.61. The Labute approximate surface area is 146 Å². The number of hydrogen-bond acceptors (Lipinski definition) is 4. The highest BCUT2D eigenvalue weighted by Crippen LogP contribution is 2.29. The average molecular weight is 339 g/mol. The van der Waals surface area contributed by atoms with E-state index in [0.29, 0.717) is 18.3 Å². The van der Waals surface area contributed by atoms with Gasteiger partial charge in [0.1, 0.15) is 6.54 Å². The highest BCUT2D eigenvalue weighted by molar-refractivity contribution is 6.10. The molecule has 1 aromatic carbocycles. The fourth-order valence-corrected chi connectivity index (χ4v) is 3.65. The Morgan fingerprint density at radius 1 is 1.28 bits per heavy atom. The fourth-order valence-electron chi connectivity index (χ4n) is 3.65. The standard InChI is InChI=1S/C18H21N5O2/c24-17-12-23(16-7-2-1-6-15(16)20-17)18(25)13-21-9-3-5-14(21)11-22-10-4-8-19-22/h1-2,4,6-8,10,14H,3,5,9,11-13H2,(H,20,24). The molecular formula is C18H21N5O2. The smallest absolute Gasteiger partial charge is 0.244 e. The zero-order valence-corrected chi connectivity index (χ0v) is 14.0. The molecule has 7 nitrogen and oxygen atoms in total. The Morgan fingerprint density at radius 2 is 2.16 bits per heavy atom. The van der Waals surface area contributed by atoms with Crippen LogP contribution in [-0.4, -0.2) is 52.2 Å². The van der Waals surface area contributed by atoms with E-state index in [1.54, 1.807) is 11.1 Å². The van der Waals surface area contributed by atoms with Crippen molar-refractivity contribution >= 4 is 23.2 Å². The average Bonchev–Trinajstić information content (AvgIpc) is 3.27. The van der Waals surface area contributed by atoms with Crippen LogP contribution in [0, 0.1) is 0 Å². The number of carbonyl (C=O) groups excluding carboxylic acids is 2. The molecule has 1 unspecified atom stereocenters. The van der Waals surface area contributed by atoms with Crippen molar-refractivity contribution in [3.8, 4) is 0 Å². The molecule has 7 heteroatoms. The van der Waals surface area contributed by atoms with Crippen LogP contribution in [0.4, 0.5) is 11.4 Å². The summed E-state index contributed by atoms with van der Waals surface area (Å²) in [6, 6.07) is 9.65. The maximum absolute atomic E-state index is 12.9. The lowest BCUT2D eigenvalue weighted by molar-refractivity contribution is -0.122. The Kier molecular flexibility index (Phi) is 4.23. The fraction of sp³-hybridized carbons (Fsp3) is 0.389. The highest BCUT2D eigenvalue weighted by Gasteiger charge is 2.31. The molecule has 2 aliphatic rings. The molecule has 3 heterocycles. The molecule has 1 N–H and O–H groups in total. The second kappa shape index (κ2) is 6.68. The Hall–Kier alpha value is -2.67. The minimum absolute atomic E-state index is 0.0327. The van der Waals surface area contributed by atoms with Crippen molar-refractivity contribution in [2.45, 2.75) is 25.4 Å². The summed E-state index contributed by atoms with van der Waals surface area (Å²) in [4.78, 5) is 28.6. The van der Waals surface area contributed by atoms with E-state index in [1.807, 2.05) is 41.2 Å². The van der Waals surface area contributed by atoms with Crippen molar-refractivity contribution in [1.82, 2.24) is 14.7 Å². The normalized spacial score (nSPS) is 20.4. The van der Waals surface area contributed by atoms with Gasteiger partial charge in [-0.05, 0) is 37.6 Å². The van der Waals surface area contributed by atoms with Crippen LogP contribution in [0.3, 0.4) is 0 Å². The molecular weight excluding hydrogens is 318 g/mol. The van der Waals surface area contributed by atoms with E-state index in [9.17, 15) is 9.59 Å². The van der Waals surface area contributed by atoms with Gasteiger partial charge in [0, 0.05) is 18.4 Å². The van der Waals surface area contributed by atoms with Crippen molar-refractivity contribution in [3.05, 3.63) is 42.7 Å². The lowest BCUT2D eigenvalue weighted by atomic mass is 10.2. The number of hydrogen-bond donors (Lipinski definition) is 1. The minimum Gasteiger partial charge on any atom is -0.323 e. The van der Waals surface area contributed by atoms with Gasteiger partial charge in [0.2, 0.25) is 11.8 Å². The minimum atomic E-state index is -0.151. The van der Waals surface area contributed by atoms with Gasteiger partial charge in [0.05, 0.1) is 24.5 Å². The lowest BCUT2D eigenvalue weighted by Crippen LogP contribution is -2.48. The van der Waals surface area contributed by atoms with E-state index < -0.39 is 0 Å². The molecule has 4 rings (SSSR count). The summed E-state index contributed by atoms with van der Waals surface area (Å²) in [5, 5.41) is 7.08. The number of likely N-dealkylation sites (tertiary alicyclic amines) is 1. The summed E-state index contributed by atoms with van der Waals surface area (Å²) >= 11 is 0. The molecule has 1 fully saturated rings. The molecule has 25 heavy (non-hydrogen) atoms. The van der Waals surface area contributed by atoms with Crippen molar-refractivity contribution in [2.24, 2.45) is 0 Å². The van der Waals surface area contributed by atoms with Crippen LogP contribution in [0.1, 0.15) is 12.8 Å². The topological polar surface area (TPSA) is 70.5 Å². The second-order valence-corrected chi connectivity index (χ2v) is 6.54. The van der Waals surface area contributed by atoms with Gasteiger partial charge in [0.15, 0.2) is 0 Å². The summed E-state index contributed by atoms with van der Waals surface area (Å²) in [7, 11) is 0. The third kappa shape index (κ3) is 3.28. The van der Waals surface area contributed by atoms with Crippen LogP contribution in [0.25, 0.3) is 0 Å². The van der Waals surface area contributed by atoms with Crippen molar-refractivity contribution < 1.29 is 9.59 Å². The first-order chi connectivity index (χ1) is 12.2. The van der Waals surface area contributed by atoms with Gasteiger partial charge < -0.3 is 5.32 Å². The van der Waals surface area contributed by atoms with Gasteiger partial charge >= 0.3 is 0 Å². The molecule has 2 amide bonds. The summed E-state index contributed by atoms with van der Waals surface area (Å²) in [5.74, 6) is -0.184. The molecule has 1 saturated heterocycles. The largest absolute Gasteiger partial charge is 0.323 e. The maximum atomic E-state index is 12.9. The van der Waals surface area contributed by atoms with Gasteiger partial charge in [-0.1, -0.05) is 12.1 Å². The number of aromatic nitrogens is 2. The van der Waals surface area contributed by atoms with E-state index in [4.69, 9.17) is 0 Å². The van der Waals surface area contributed by atoms with Crippen molar-refractivity contribution in [3.63, 3.8) is 0 Å². The summed E-state index contributed by atoms with van der Waals surface area (Å²) in [6.45, 7) is 2.10. The Morgan fingerprint density at radius 3 is 3.00 bits per heavy atom. The lowest BCUT2D eigenvalue weighted by Gasteiger charge is -2.32. The number of fused-ring (bicyclic) bond motifs is 1. The van der Waals surface area contributed by atoms with Crippen LogP contribution < -0.4 is 10.2 Å². The number of amides is 2. The van der Waals surface area contributed by atoms with Gasteiger partial charge in [-0.2, -0.15) is 5.10 Å².